The van der Waals surface area contributed by atoms with E-state index in [0.29, 0.717) is 18.4 Å². The van der Waals surface area contributed by atoms with E-state index in [1.807, 2.05) is 27.7 Å². The van der Waals surface area contributed by atoms with Gasteiger partial charge in [-0.15, -0.1) is 0 Å². The molecule has 0 aromatic heterocycles. The summed E-state index contributed by atoms with van der Waals surface area (Å²) in [6.07, 6.45) is -7.92. The van der Waals surface area contributed by atoms with Gasteiger partial charge in [-0.05, 0) is 154 Å². The van der Waals surface area contributed by atoms with Crippen LogP contribution in [0.25, 0.3) is 0 Å². The maximum atomic E-state index is 12.9. The van der Waals surface area contributed by atoms with Crippen molar-refractivity contribution in [2.75, 3.05) is 0 Å². The van der Waals surface area contributed by atoms with E-state index in [4.69, 9.17) is 25.9 Å². The van der Waals surface area contributed by atoms with Crippen molar-refractivity contribution in [3.05, 3.63) is 0 Å². The molecule has 0 radical (unpaired) electrons. The molecule has 2 aliphatic rings. The number of carbonyl (C=O) groups excluding carboxylic acids is 3. The lowest BCUT2D eigenvalue weighted by atomic mass is 9.86. The van der Waals surface area contributed by atoms with E-state index in [1.54, 1.807) is 0 Å². The molecule has 0 aromatic rings. The van der Waals surface area contributed by atoms with Crippen LogP contribution >= 0.6 is 0 Å². The summed E-state index contributed by atoms with van der Waals surface area (Å²) in [4.78, 5) is 34.7. The summed E-state index contributed by atoms with van der Waals surface area (Å²) in [5.74, 6) is -2.57. The highest BCUT2D eigenvalue weighted by Gasteiger charge is 2.59. The quantitative estimate of drug-likeness (QED) is 0.0568. The monoisotopic (exact) mass is 1440 g/mol. The van der Waals surface area contributed by atoms with Gasteiger partial charge in [0.25, 0.3) is 0 Å². The topological polar surface area (TPSA) is 116 Å². The molecule has 91 heavy (non-hydrogen) atoms. The maximum absolute atomic E-state index is 12.9. The normalized spacial score (nSPS) is 19.1. The first kappa shape index (κ1) is 111. The van der Waals surface area contributed by atoms with Crippen LogP contribution < -0.4 is 0 Å². The van der Waals surface area contributed by atoms with Gasteiger partial charge in [0, 0.05) is 16.1 Å². The third-order valence-electron chi connectivity index (χ3n) is 16.2. The van der Waals surface area contributed by atoms with Gasteiger partial charge in [0.1, 0.15) is 12.2 Å². The van der Waals surface area contributed by atoms with Crippen molar-refractivity contribution in [2.45, 2.75) is 379 Å². The predicted octanol–water partition coefficient (Wildman–Crippen LogP) is 25.3. The van der Waals surface area contributed by atoms with Crippen LogP contribution in [-0.2, 0) is 45.1 Å². The van der Waals surface area contributed by atoms with Gasteiger partial charge in [0.2, 0.25) is 0 Å². The second-order valence-corrected chi connectivity index (χ2v) is 54.8. The van der Waals surface area contributed by atoms with Crippen LogP contribution in [0.3, 0.4) is 0 Å². The predicted molar refractivity (Wildman–Crippen MR) is 386 cm³/mol. The molecule has 0 bridgehead atoms. The number of hydrogen-bond donors (Lipinski definition) is 0. The molecule has 25 heteroatoms. The first-order chi connectivity index (χ1) is 37.7. The second kappa shape index (κ2) is 45.5. The van der Waals surface area contributed by atoms with E-state index in [9.17, 15) is 53.9 Å². The molecular formula is C66H149F9O10Si6. The molecule has 1 aliphatic carbocycles. The van der Waals surface area contributed by atoms with Gasteiger partial charge < -0.3 is 30.7 Å². The highest BCUT2D eigenvalue weighted by atomic mass is 28.5. The number of halogens is 9. The molecule has 0 aromatic carbocycles. The zero-order valence-corrected chi connectivity index (χ0v) is 65.1. The van der Waals surface area contributed by atoms with Crippen molar-refractivity contribution in [3.8, 4) is 0 Å². The van der Waals surface area contributed by atoms with Gasteiger partial charge in [-0.25, -0.2) is 0 Å². The van der Waals surface area contributed by atoms with E-state index < -0.39 is 115 Å². The lowest BCUT2D eigenvalue weighted by molar-refractivity contribution is -0.236. The van der Waals surface area contributed by atoms with Crippen LogP contribution in [0.1, 0.15) is 240 Å². The molecule has 560 valence electrons. The number of hydrogen-bond acceptors (Lipinski definition) is 10. The Labute approximate surface area is 563 Å². The van der Waals surface area contributed by atoms with Crippen LogP contribution in [0.2, 0.25) is 102 Å². The Bertz CT molecular complexity index is 1880. The highest BCUT2D eigenvalue weighted by Crippen LogP contribution is 2.45. The molecule has 10 nitrogen and oxygen atoms in total. The summed E-state index contributed by atoms with van der Waals surface area (Å²) >= 11 is 0. The van der Waals surface area contributed by atoms with E-state index in [-0.39, 0.29) is 81.8 Å². The first-order valence-electron chi connectivity index (χ1n) is 31.3. The Balaban J connectivity index is -0.000000109. The standard InChI is InChI=1S/C13H23F3O2.C12H19F3O2.C11H30O4Si4.C9H15F3O2.C8H20Si.C7H18Si.6CH4/c1-7-12(6,13(14,15)16)11(17)18-10(8(2)3)9(4)5;1-3-11(2,12(13,14)15)10(16)17-9-7-5-4-6-8-9;1-10-11(2)19(9)14-17(5,6)12-16(3,4)13-18(7,8)15-19;1-5-8(4,9(10,11)12)7(13)14-6(2)3;1-6-8(2)7-9(3,4)5;1-6-7(2)8(3,4)5;;;;;;/h8-10H,7H2,1-6H3;9H,3-8H2,1-2H3;11H,10H2,1-9H3;6H,5H2,1-4H3;8H,6-7H2,1-5H3;7H,6H2,1-5H3;6*1H4. The van der Waals surface area contributed by atoms with Gasteiger partial charge in [0.15, 0.2) is 16.2 Å². The number of alkyl halides is 9. The fourth-order valence-corrected chi connectivity index (χ4v) is 34.5. The molecule has 6 atom stereocenters. The van der Waals surface area contributed by atoms with Crippen molar-refractivity contribution < 1.29 is 84.6 Å². The fraction of sp³-hybridized carbons (Fsp3) is 0.955. The highest BCUT2D eigenvalue weighted by molar-refractivity contribution is 6.93. The molecule has 0 N–H and O–H groups in total. The minimum Gasteiger partial charge on any atom is -0.462 e. The molecule has 0 amide bonds. The van der Waals surface area contributed by atoms with Gasteiger partial charge >= 0.3 is 70.7 Å². The molecule has 6 unspecified atom stereocenters. The number of rotatable bonds is 18. The van der Waals surface area contributed by atoms with Crippen LogP contribution in [-0.4, -0.2) is 105 Å². The Morgan fingerprint density at radius 1 is 0.473 bits per heavy atom. The summed E-state index contributed by atoms with van der Waals surface area (Å²) in [6.45, 7) is 60.2. The van der Waals surface area contributed by atoms with Gasteiger partial charge in [-0.2, -0.15) is 39.5 Å². The van der Waals surface area contributed by atoms with Crippen LogP contribution in [0.4, 0.5) is 39.5 Å². The van der Waals surface area contributed by atoms with Crippen molar-refractivity contribution in [3.63, 3.8) is 0 Å². The van der Waals surface area contributed by atoms with Crippen molar-refractivity contribution >= 4 is 68.3 Å². The Kier molecular flexibility index (Phi) is 55.6. The Hall–Kier alpha value is -1.08. The van der Waals surface area contributed by atoms with Crippen molar-refractivity contribution in [2.24, 2.45) is 34.0 Å². The summed E-state index contributed by atoms with van der Waals surface area (Å²) in [7, 11) is -10.3. The number of carbonyl (C=O) groups is 3. The van der Waals surface area contributed by atoms with E-state index >= 15 is 0 Å². The summed E-state index contributed by atoms with van der Waals surface area (Å²) in [6, 6.07) is 1.49. The molecule has 1 aliphatic heterocycles. The van der Waals surface area contributed by atoms with E-state index in [0.717, 1.165) is 57.9 Å². The SMILES string of the molecule is C.C.C.C.C.C.CCC(C)(C(=O)OC(C(C)C)C(C)C)C(F)(F)F.CCC(C)(C(=O)OC(C)C)C(F)(F)F.CCC(C)(C(=O)OC1CCCCC1)C(F)(F)F.CCC(C)C[Si](C)(C)C.CCC(C)[Si](C)(C)C.CCC(C)[Si]1(C)O[Si](C)(C)O[Si](C)(C)O[Si](C)(C)O1. The fourth-order valence-electron chi connectivity index (χ4n) is 9.10. The lowest BCUT2D eigenvalue weighted by Gasteiger charge is -2.49. The van der Waals surface area contributed by atoms with Crippen molar-refractivity contribution in [1.29, 1.82) is 0 Å². The van der Waals surface area contributed by atoms with Crippen LogP contribution in [0.15, 0.2) is 0 Å². The second-order valence-electron chi connectivity index (χ2n) is 28.9. The zero-order chi connectivity index (χ0) is 68.8. The lowest BCUT2D eigenvalue weighted by Crippen LogP contribution is -2.66. The van der Waals surface area contributed by atoms with Gasteiger partial charge in [-0.3, -0.25) is 14.4 Å². The Morgan fingerprint density at radius 2 is 0.780 bits per heavy atom. The molecule has 1 heterocycles. The average Bonchev–Trinajstić information content (AvgIpc) is 3.31. The zero-order valence-electron chi connectivity index (χ0n) is 59.1. The number of esters is 3. The maximum Gasteiger partial charge on any atom is 0.404 e. The number of ether oxygens (including phenoxy) is 3. The summed E-state index contributed by atoms with van der Waals surface area (Å²) < 4.78 is 155. The molecule has 0 spiro atoms. The van der Waals surface area contributed by atoms with E-state index in [1.165, 1.54) is 53.5 Å². The third-order valence-corrected chi connectivity index (χ3v) is 38.7. The van der Waals surface area contributed by atoms with Gasteiger partial charge in [0.05, 0.1) is 6.10 Å². The molecule has 2 rings (SSSR count). The molecule has 1 saturated heterocycles. The minimum absolute atomic E-state index is 0. The summed E-state index contributed by atoms with van der Waals surface area (Å²) in [5, 5.41) is 0. The minimum atomic E-state index is -4.59. The molecule has 2 fully saturated rings. The van der Waals surface area contributed by atoms with Crippen LogP contribution in [0, 0.1) is 34.0 Å². The summed E-state index contributed by atoms with van der Waals surface area (Å²) in [5.41, 5.74) is -5.75. The van der Waals surface area contributed by atoms with Gasteiger partial charge in [-0.1, -0.05) is 206 Å². The average molecular weight is 1440 g/mol. The third kappa shape index (κ3) is 41.1. The largest absolute Gasteiger partial charge is 0.462 e. The molecular weight excluding hydrogens is 1290 g/mol. The molecule has 1 saturated carbocycles. The smallest absolute Gasteiger partial charge is 0.404 e. The van der Waals surface area contributed by atoms with Crippen molar-refractivity contribution in [1.82, 2.24) is 0 Å². The van der Waals surface area contributed by atoms with E-state index in [2.05, 4.69) is 131 Å². The Morgan fingerprint density at radius 3 is 1.00 bits per heavy atom. The van der Waals surface area contributed by atoms with Crippen LogP contribution in [0.5, 0.6) is 0 Å². The first-order valence-corrected chi connectivity index (χ1v) is 49.4.